The average molecular weight is 302 g/mol. The van der Waals surface area contributed by atoms with Crippen LogP contribution < -0.4 is 5.73 Å². The van der Waals surface area contributed by atoms with Crippen molar-refractivity contribution in [2.75, 3.05) is 5.73 Å². The second-order valence-corrected chi connectivity index (χ2v) is 5.63. The molecule has 0 saturated carbocycles. The Morgan fingerprint density at radius 1 is 1.21 bits per heavy atom. The number of halogens is 1. The second kappa shape index (κ2) is 4.37. The fourth-order valence-corrected chi connectivity index (χ4v) is 2.61. The Kier molecular flexibility index (Phi) is 3.13. The lowest BCUT2D eigenvalue weighted by molar-refractivity contribution is 0.0699. The van der Waals surface area contributed by atoms with E-state index in [1.807, 2.05) is 0 Å². The van der Waals surface area contributed by atoms with Gasteiger partial charge in [0.25, 0.3) is 10.1 Å². The van der Waals surface area contributed by atoms with Crippen LogP contribution in [0.25, 0.3) is 10.8 Å². The molecule has 0 heterocycles. The van der Waals surface area contributed by atoms with E-state index in [9.17, 15) is 13.2 Å². The monoisotopic (exact) mass is 301 g/mol. The van der Waals surface area contributed by atoms with Crippen molar-refractivity contribution in [3.05, 3.63) is 34.9 Å². The van der Waals surface area contributed by atoms with Crippen LogP contribution in [0.5, 0.6) is 0 Å². The van der Waals surface area contributed by atoms with Crippen molar-refractivity contribution in [3.8, 4) is 0 Å². The van der Waals surface area contributed by atoms with E-state index in [2.05, 4.69) is 0 Å². The quantitative estimate of drug-likeness (QED) is 0.577. The van der Waals surface area contributed by atoms with Crippen molar-refractivity contribution in [2.45, 2.75) is 4.90 Å². The molecular formula is C11H8ClNO5S. The van der Waals surface area contributed by atoms with Crippen molar-refractivity contribution < 1.29 is 22.9 Å². The van der Waals surface area contributed by atoms with E-state index < -0.39 is 21.0 Å². The Morgan fingerprint density at radius 3 is 2.37 bits per heavy atom. The first-order valence-corrected chi connectivity index (χ1v) is 6.76. The van der Waals surface area contributed by atoms with Crippen LogP contribution in [0.15, 0.2) is 29.2 Å². The number of anilines is 1. The summed E-state index contributed by atoms with van der Waals surface area (Å²) >= 11 is 5.78. The lowest BCUT2D eigenvalue weighted by atomic mass is 10.0. The van der Waals surface area contributed by atoms with E-state index in [4.69, 9.17) is 27.0 Å². The molecule has 8 heteroatoms. The zero-order valence-corrected chi connectivity index (χ0v) is 10.9. The SMILES string of the molecule is Nc1c(S(=O)(=O)O)cc(C(=O)O)c2cc(Cl)ccc12. The van der Waals surface area contributed by atoms with Gasteiger partial charge in [-0.05, 0) is 23.6 Å². The van der Waals surface area contributed by atoms with Crippen LogP contribution in [-0.2, 0) is 10.1 Å². The Morgan fingerprint density at radius 2 is 1.84 bits per heavy atom. The number of nitrogen functional groups attached to an aromatic ring is 1. The predicted molar refractivity (Wildman–Crippen MR) is 70.1 cm³/mol. The minimum atomic E-state index is -4.61. The summed E-state index contributed by atoms with van der Waals surface area (Å²) in [4.78, 5) is 10.5. The molecule has 100 valence electrons. The second-order valence-electron chi connectivity index (χ2n) is 3.81. The minimum absolute atomic E-state index is 0.192. The first-order chi connectivity index (χ1) is 8.71. The molecule has 0 aliphatic heterocycles. The van der Waals surface area contributed by atoms with Gasteiger partial charge in [0, 0.05) is 10.4 Å². The van der Waals surface area contributed by atoms with Crippen LogP contribution in [0.4, 0.5) is 5.69 Å². The van der Waals surface area contributed by atoms with Crippen molar-refractivity contribution in [1.29, 1.82) is 0 Å². The molecule has 0 aliphatic carbocycles. The summed E-state index contributed by atoms with van der Waals surface area (Å²) in [6.45, 7) is 0. The van der Waals surface area contributed by atoms with Gasteiger partial charge in [0.15, 0.2) is 0 Å². The number of rotatable bonds is 2. The molecule has 2 rings (SSSR count). The molecule has 2 aromatic rings. The van der Waals surface area contributed by atoms with Gasteiger partial charge in [-0.2, -0.15) is 8.42 Å². The van der Waals surface area contributed by atoms with Gasteiger partial charge in [0.1, 0.15) is 4.90 Å². The molecule has 4 N–H and O–H groups in total. The maximum Gasteiger partial charge on any atom is 0.336 e. The summed E-state index contributed by atoms with van der Waals surface area (Å²) in [5.41, 5.74) is 5.12. The third-order valence-electron chi connectivity index (χ3n) is 2.61. The molecule has 19 heavy (non-hydrogen) atoms. The third-order valence-corrected chi connectivity index (χ3v) is 3.74. The topological polar surface area (TPSA) is 118 Å². The molecule has 0 saturated heterocycles. The van der Waals surface area contributed by atoms with Crippen molar-refractivity contribution in [1.82, 2.24) is 0 Å². The predicted octanol–water partition coefficient (Wildman–Crippen LogP) is 2.02. The number of carbonyl (C=O) groups is 1. The van der Waals surface area contributed by atoms with E-state index >= 15 is 0 Å². The zero-order chi connectivity index (χ0) is 14.4. The molecule has 0 atom stereocenters. The molecule has 0 radical (unpaired) electrons. The van der Waals surface area contributed by atoms with Crippen molar-refractivity contribution in [2.24, 2.45) is 0 Å². The summed E-state index contributed by atoms with van der Waals surface area (Å²) in [7, 11) is -4.61. The highest BCUT2D eigenvalue weighted by Gasteiger charge is 2.21. The van der Waals surface area contributed by atoms with E-state index in [1.165, 1.54) is 18.2 Å². The number of carboxylic acid groups (broad SMARTS) is 1. The van der Waals surface area contributed by atoms with Gasteiger partial charge in [-0.15, -0.1) is 0 Å². The summed E-state index contributed by atoms with van der Waals surface area (Å²) in [5.74, 6) is -1.35. The molecule has 0 fully saturated rings. The number of hydrogen-bond donors (Lipinski definition) is 3. The van der Waals surface area contributed by atoms with Crippen LogP contribution >= 0.6 is 11.6 Å². The smallest absolute Gasteiger partial charge is 0.336 e. The van der Waals surface area contributed by atoms with Crippen molar-refractivity contribution >= 4 is 44.1 Å². The normalized spacial score (nSPS) is 11.7. The number of hydrogen-bond acceptors (Lipinski definition) is 4. The van der Waals surface area contributed by atoms with Crippen LogP contribution in [0.3, 0.4) is 0 Å². The van der Waals surface area contributed by atoms with Gasteiger partial charge in [-0.1, -0.05) is 17.7 Å². The Labute approximate surface area is 113 Å². The molecule has 0 amide bonds. The molecule has 0 unspecified atom stereocenters. The lowest BCUT2D eigenvalue weighted by Gasteiger charge is -2.10. The van der Waals surface area contributed by atoms with Gasteiger partial charge >= 0.3 is 5.97 Å². The number of fused-ring (bicyclic) bond motifs is 1. The number of nitrogens with two attached hydrogens (primary N) is 1. The van der Waals surface area contributed by atoms with Crippen LogP contribution in [0.2, 0.25) is 5.02 Å². The lowest BCUT2D eigenvalue weighted by Crippen LogP contribution is -2.08. The Balaban J connectivity index is 3.03. The highest BCUT2D eigenvalue weighted by Crippen LogP contribution is 2.33. The largest absolute Gasteiger partial charge is 0.478 e. The Bertz CT molecular complexity index is 800. The highest BCUT2D eigenvalue weighted by molar-refractivity contribution is 7.86. The third kappa shape index (κ3) is 2.35. The van der Waals surface area contributed by atoms with Gasteiger partial charge in [0.2, 0.25) is 0 Å². The van der Waals surface area contributed by atoms with Crippen LogP contribution in [0.1, 0.15) is 10.4 Å². The van der Waals surface area contributed by atoms with Gasteiger partial charge in [-0.3, -0.25) is 4.55 Å². The zero-order valence-electron chi connectivity index (χ0n) is 9.29. The molecule has 0 aliphatic rings. The van der Waals surface area contributed by atoms with E-state index in [1.54, 1.807) is 0 Å². The molecule has 0 spiro atoms. The summed E-state index contributed by atoms with van der Waals surface area (Å²) in [6.07, 6.45) is 0. The molecule has 0 aromatic heterocycles. The average Bonchev–Trinajstić information content (AvgIpc) is 2.26. The number of carboxylic acids is 1. The van der Waals surface area contributed by atoms with Gasteiger partial charge in [-0.25, -0.2) is 4.79 Å². The fraction of sp³-hybridized carbons (Fsp3) is 0. The molecular weight excluding hydrogens is 294 g/mol. The molecule has 2 aromatic carbocycles. The standard InChI is InChI=1S/C11H8ClNO5S/c12-5-1-2-6-7(3-5)8(11(14)15)4-9(10(6)13)19(16,17)18/h1-4H,13H2,(H,14,15)(H,16,17,18). The Hall–Kier alpha value is -1.83. The fourth-order valence-electron chi connectivity index (χ4n) is 1.78. The molecule has 0 bridgehead atoms. The van der Waals surface area contributed by atoms with Crippen LogP contribution in [-0.4, -0.2) is 24.0 Å². The highest BCUT2D eigenvalue weighted by atomic mass is 35.5. The minimum Gasteiger partial charge on any atom is -0.478 e. The van der Waals surface area contributed by atoms with E-state index in [0.29, 0.717) is 0 Å². The molecule has 6 nitrogen and oxygen atoms in total. The maximum absolute atomic E-state index is 11.2. The first-order valence-electron chi connectivity index (χ1n) is 4.94. The maximum atomic E-state index is 11.2. The summed E-state index contributed by atoms with van der Waals surface area (Å²) < 4.78 is 31.5. The number of benzene rings is 2. The number of aromatic carboxylic acids is 1. The first kappa shape index (κ1) is 13.6. The van der Waals surface area contributed by atoms with Gasteiger partial charge in [0.05, 0.1) is 11.3 Å². The summed E-state index contributed by atoms with van der Waals surface area (Å²) in [6, 6.07) is 5.02. The summed E-state index contributed by atoms with van der Waals surface area (Å²) in [5, 5.41) is 9.77. The van der Waals surface area contributed by atoms with Crippen molar-refractivity contribution in [3.63, 3.8) is 0 Å². The van der Waals surface area contributed by atoms with E-state index in [-0.39, 0.29) is 27.0 Å². The van der Waals surface area contributed by atoms with Gasteiger partial charge < -0.3 is 10.8 Å². The van der Waals surface area contributed by atoms with E-state index in [0.717, 1.165) is 6.07 Å². The van der Waals surface area contributed by atoms with Crippen LogP contribution in [0, 0.1) is 0 Å².